The van der Waals surface area contributed by atoms with E-state index in [9.17, 15) is 0 Å². The van der Waals surface area contributed by atoms with E-state index in [2.05, 4.69) is 84.3 Å². The molecule has 21 heavy (non-hydrogen) atoms. The summed E-state index contributed by atoms with van der Waals surface area (Å²) in [6.45, 7) is 17.7. The molecular formula is C19H28N2. The fourth-order valence-corrected chi connectivity index (χ4v) is 2.55. The first-order valence-corrected chi connectivity index (χ1v) is 7.68. The van der Waals surface area contributed by atoms with E-state index in [1.54, 1.807) is 0 Å². The quantitative estimate of drug-likeness (QED) is 0.713. The zero-order valence-electron chi connectivity index (χ0n) is 14.7. The van der Waals surface area contributed by atoms with E-state index in [-0.39, 0.29) is 10.8 Å². The highest BCUT2D eigenvalue weighted by molar-refractivity contribution is 5.42. The summed E-state index contributed by atoms with van der Waals surface area (Å²) in [5, 5.41) is 4.92. The molecule has 0 bridgehead atoms. The Balaban J connectivity index is 2.69. The van der Waals surface area contributed by atoms with Gasteiger partial charge in [-0.25, -0.2) is 4.68 Å². The molecule has 0 saturated carbocycles. The normalized spacial score (nSPS) is 12.8. The van der Waals surface area contributed by atoms with Gasteiger partial charge in [0.25, 0.3) is 0 Å². The van der Waals surface area contributed by atoms with Gasteiger partial charge in [-0.1, -0.05) is 47.6 Å². The second kappa shape index (κ2) is 5.01. The van der Waals surface area contributed by atoms with Crippen LogP contribution >= 0.6 is 0 Å². The minimum absolute atomic E-state index is 0.0596. The molecule has 0 spiro atoms. The summed E-state index contributed by atoms with van der Waals surface area (Å²) in [5.41, 5.74) is 6.24. The Morgan fingerprint density at radius 3 is 1.71 bits per heavy atom. The molecular weight excluding hydrogens is 256 g/mol. The second-order valence-electron chi connectivity index (χ2n) is 8.17. The molecule has 1 heterocycles. The van der Waals surface area contributed by atoms with Crippen LogP contribution in [0.4, 0.5) is 0 Å². The number of aryl methyl sites for hydroxylation is 2. The van der Waals surface area contributed by atoms with Crippen LogP contribution in [-0.2, 0) is 10.8 Å². The average Bonchev–Trinajstić information content (AvgIpc) is 2.70. The van der Waals surface area contributed by atoms with Crippen molar-refractivity contribution in [2.45, 2.75) is 66.2 Å². The number of rotatable bonds is 1. The molecule has 0 aliphatic rings. The molecule has 0 radical (unpaired) electrons. The fourth-order valence-electron chi connectivity index (χ4n) is 2.55. The second-order valence-corrected chi connectivity index (χ2v) is 8.17. The summed E-state index contributed by atoms with van der Waals surface area (Å²) in [6.07, 6.45) is 0. The Labute approximate surface area is 129 Å². The van der Waals surface area contributed by atoms with Crippen LogP contribution in [0, 0.1) is 13.8 Å². The Morgan fingerprint density at radius 2 is 1.29 bits per heavy atom. The Hall–Kier alpha value is -1.57. The monoisotopic (exact) mass is 284 g/mol. The van der Waals surface area contributed by atoms with Crippen molar-refractivity contribution in [1.82, 2.24) is 9.78 Å². The molecule has 0 aliphatic carbocycles. The van der Waals surface area contributed by atoms with Gasteiger partial charge in [-0.15, -0.1) is 0 Å². The Kier molecular flexibility index (Phi) is 3.77. The third kappa shape index (κ3) is 3.37. The van der Waals surface area contributed by atoms with Crippen molar-refractivity contribution in [2.75, 3.05) is 0 Å². The van der Waals surface area contributed by atoms with Crippen molar-refractivity contribution < 1.29 is 0 Å². The van der Waals surface area contributed by atoms with Gasteiger partial charge in [-0.05, 0) is 43.2 Å². The first-order chi connectivity index (χ1) is 9.48. The minimum atomic E-state index is 0.0596. The van der Waals surface area contributed by atoms with Gasteiger partial charge in [-0.3, -0.25) is 0 Å². The van der Waals surface area contributed by atoms with Gasteiger partial charge in [0, 0.05) is 16.5 Å². The van der Waals surface area contributed by atoms with E-state index < -0.39 is 0 Å². The molecule has 114 valence electrons. The molecule has 0 N–H and O–H groups in total. The van der Waals surface area contributed by atoms with Crippen LogP contribution in [0.2, 0.25) is 0 Å². The topological polar surface area (TPSA) is 17.8 Å². The zero-order valence-corrected chi connectivity index (χ0v) is 14.7. The lowest BCUT2D eigenvalue weighted by atomic mass is 9.88. The van der Waals surface area contributed by atoms with Crippen LogP contribution in [0.25, 0.3) is 5.69 Å². The van der Waals surface area contributed by atoms with Crippen LogP contribution in [-0.4, -0.2) is 9.78 Å². The molecule has 0 amide bonds. The third-order valence-corrected chi connectivity index (χ3v) is 3.70. The maximum atomic E-state index is 4.92. The van der Waals surface area contributed by atoms with Crippen molar-refractivity contribution >= 4 is 0 Å². The van der Waals surface area contributed by atoms with Crippen molar-refractivity contribution in [3.63, 3.8) is 0 Å². The van der Waals surface area contributed by atoms with Gasteiger partial charge in [0.1, 0.15) is 0 Å². The molecule has 0 saturated heterocycles. The summed E-state index contributed by atoms with van der Waals surface area (Å²) in [7, 11) is 0. The first kappa shape index (κ1) is 15.8. The summed E-state index contributed by atoms with van der Waals surface area (Å²) >= 11 is 0. The van der Waals surface area contributed by atoms with Gasteiger partial charge in [0.15, 0.2) is 0 Å². The SMILES string of the molecule is Cc1cc(C)cc(-n2nc(C(C)(C)C)cc2C(C)(C)C)c1. The summed E-state index contributed by atoms with van der Waals surface area (Å²) < 4.78 is 2.13. The van der Waals surface area contributed by atoms with Crippen molar-refractivity contribution in [3.8, 4) is 5.69 Å². The fraction of sp³-hybridized carbons (Fsp3) is 0.526. The highest BCUT2D eigenvalue weighted by Crippen LogP contribution is 2.30. The standard InChI is InChI=1S/C19H28N2/c1-13-9-14(2)11-15(10-13)21-17(19(6,7)8)12-16(20-21)18(3,4)5/h9-12H,1-8H3. The number of hydrogen-bond acceptors (Lipinski definition) is 1. The molecule has 2 nitrogen and oxygen atoms in total. The lowest BCUT2D eigenvalue weighted by molar-refractivity contribution is 0.537. The highest BCUT2D eigenvalue weighted by Gasteiger charge is 2.26. The molecule has 2 rings (SSSR count). The molecule has 2 aromatic rings. The van der Waals surface area contributed by atoms with E-state index in [1.165, 1.54) is 16.8 Å². The molecule has 1 aromatic carbocycles. The van der Waals surface area contributed by atoms with Gasteiger partial charge in [0.05, 0.1) is 11.4 Å². The van der Waals surface area contributed by atoms with E-state index in [0.717, 1.165) is 11.4 Å². The van der Waals surface area contributed by atoms with Gasteiger partial charge < -0.3 is 0 Å². The van der Waals surface area contributed by atoms with Gasteiger partial charge in [-0.2, -0.15) is 5.10 Å². The average molecular weight is 284 g/mol. The van der Waals surface area contributed by atoms with Crippen LogP contribution < -0.4 is 0 Å². The van der Waals surface area contributed by atoms with Crippen molar-refractivity contribution in [3.05, 3.63) is 46.8 Å². The maximum absolute atomic E-state index is 4.92. The largest absolute Gasteiger partial charge is 0.237 e. The predicted molar refractivity (Wildman–Crippen MR) is 90.4 cm³/mol. The van der Waals surface area contributed by atoms with E-state index in [0.29, 0.717) is 0 Å². The number of nitrogens with zero attached hydrogens (tertiary/aromatic N) is 2. The predicted octanol–water partition coefficient (Wildman–Crippen LogP) is 5.08. The van der Waals surface area contributed by atoms with Crippen molar-refractivity contribution in [1.29, 1.82) is 0 Å². The Bertz CT molecular complexity index is 629. The molecule has 0 unspecified atom stereocenters. The number of hydrogen-bond donors (Lipinski definition) is 0. The van der Waals surface area contributed by atoms with Gasteiger partial charge >= 0.3 is 0 Å². The van der Waals surface area contributed by atoms with Crippen LogP contribution in [0.1, 0.15) is 64.1 Å². The van der Waals surface area contributed by atoms with Crippen LogP contribution in [0.5, 0.6) is 0 Å². The lowest BCUT2D eigenvalue weighted by Crippen LogP contribution is -2.17. The first-order valence-electron chi connectivity index (χ1n) is 7.68. The van der Waals surface area contributed by atoms with E-state index >= 15 is 0 Å². The zero-order chi connectivity index (χ0) is 16.0. The molecule has 1 aromatic heterocycles. The maximum Gasteiger partial charge on any atom is 0.0685 e. The molecule has 0 atom stereocenters. The van der Waals surface area contributed by atoms with E-state index in [4.69, 9.17) is 5.10 Å². The molecule has 2 heteroatoms. The highest BCUT2D eigenvalue weighted by atomic mass is 15.3. The summed E-state index contributed by atoms with van der Waals surface area (Å²) in [6, 6.07) is 8.88. The molecule has 0 fully saturated rings. The summed E-state index contributed by atoms with van der Waals surface area (Å²) in [4.78, 5) is 0. The van der Waals surface area contributed by atoms with Crippen molar-refractivity contribution in [2.24, 2.45) is 0 Å². The number of aromatic nitrogens is 2. The summed E-state index contributed by atoms with van der Waals surface area (Å²) in [5.74, 6) is 0. The molecule has 0 aliphatic heterocycles. The van der Waals surface area contributed by atoms with Gasteiger partial charge in [0.2, 0.25) is 0 Å². The lowest BCUT2D eigenvalue weighted by Gasteiger charge is -2.20. The third-order valence-electron chi connectivity index (χ3n) is 3.70. The van der Waals surface area contributed by atoms with Crippen LogP contribution in [0.3, 0.4) is 0 Å². The number of benzene rings is 1. The minimum Gasteiger partial charge on any atom is -0.237 e. The smallest absolute Gasteiger partial charge is 0.0685 e. The Morgan fingerprint density at radius 1 is 0.762 bits per heavy atom. The van der Waals surface area contributed by atoms with E-state index in [1.807, 2.05) is 0 Å². The van der Waals surface area contributed by atoms with Crippen LogP contribution in [0.15, 0.2) is 24.3 Å².